The van der Waals surface area contributed by atoms with Crippen LogP contribution in [0, 0.1) is 18.7 Å². The number of carbonyl (C=O) groups is 2. The van der Waals surface area contributed by atoms with Crippen LogP contribution in [0.25, 0.3) is 16.8 Å². The third kappa shape index (κ3) is 5.48. The molecule has 2 atom stereocenters. The van der Waals surface area contributed by atoms with Crippen LogP contribution >= 0.6 is 11.6 Å². The van der Waals surface area contributed by atoms with Crippen molar-refractivity contribution in [3.8, 4) is 16.8 Å². The van der Waals surface area contributed by atoms with E-state index >= 15 is 0 Å². The Hall–Kier alpha value is -4.08. The average molecular weight is 562 g/mol. The molecule has 2 bridgehead atoms. The number of nitrogens with zero attached hydrogens (tertiary/aromatic N) is 3. The Morgan fingerprint density at radius 1 is 1.23 bits per heavy atom. The summed E-state index contributed by atoms with van der Waals surface area (Å²) in [5, 5.41) is 20.0. The Balaban J connectivity index is 1.49. The van der Waals surface area contributed by atoms with Crippen molar-refractivity contribution in [3.63, 3.8) is 0 Å². The number of halogens is 2. The number of hydrogen-bond donors (Lipinski definition) is 3. The molecule has 3 heterocycles. The zero-order valence-electron chi connectivity index (χ0n) is 22.1. The normalized spacial score (nSPS) is 17.3. The second kappa shape index (κ2) is 11.6. The van der Waals surface area contributed by atoms with Crippen LogP contribution < -0.4 is 10.6 Å². The molecule has 2 aromatic carbocycles. The van der Waals surface area contributed by atoms with E-state index in [-0.39, 0.29) is 35.0 Å². The first-order valence-electron chi connectivity index (χ1n) is 13.1. The van der Waals surface area contributed by atoms with E-state index in [9.17, 15) is 19.1 Å². The molecule has 2 unspecified atom stereocenters. The summed E-state index contributed by atoms with van der Waals surface area (Å²) in [7, 11) is 0. The van der Waals surface area contributed by atoms with Gasteiger partial charge in [-0.15, -0.1) is 0 Å². The lowest BCUT2D eigenvalue weighted by atomic mass is 9.95. The minimum absolute atomic E-state index is 0.0327. The Morgan fingerprint density at radius 2 is 2.05 bits per heavy atom. The van der Waals surface area contributed by atoms with Gasteiger partial charge in [-0.25, -0.2) is 9.07 Å². The van der Waals surface area contributed by atoms with Crippen LogP contribution in [0.4, 0.5) is 10.1 Å². The summed E-state index contributed by atoms with van der Waals surface area (Å²) in [5.74, 6) is -1.36. The highest BCUT2D eigenvalue weighted by Crippen LogP contribution is 2.33. The lowest BCUT2D eigenvalue weighted by molar-refractivity contribution is -0.119. The van der Waals surface area contributed by atoms with Crippen molar-refractivity contribution in [2.75, 3.05) is 5.32 Å². The Morgan fingerprint density at radius 3 is 2.85 bits per heavy atom. The summed E-state index contributed by atoms with van der Waals surface area (Å²) in [5.41, 5.74) is 4.49. The molecular formula is C30H29ClFN5O3. The summed E-state index contributed by atoms with van der Waals surface area (Å²) in [6.07, 6.45) is 4.92. The summed E-state index contributed by atoms with van der Waals surface area (Å²) in [6.45, 7) is 3.42. The quantitative estimate of drug-likeness (QED) is 0.294. The number of amides is 2. The molecule has 1 aliphatic heterocycles. The van der Waals surface area contributed by atoms with Gasteiger partial charge in [0.25, 0.3) is 5.91 Å². The second-order valence-corrected chi connectivity index (χ2v) is 10.4. The number of nitrogens with one attached hydrogen (secondary N) is 2. The van der Waals surface area contributed by atoms with Crippen molar-refractivity contribution in [1.82, 2.24) is 20.1 Å². The zero-order chi connectivity index (χ0) is 28.4. The van der Waals surface area contributed by atoms with Crippen molar-refractivity contribution in [2.45, 2.75) is 45.8 Å². The molecule has 2 amide bonds. The van der Waals surface area contributed by atoms with Crippen LogP contribution in [0.1, 0.15) is 59.5 Å². The molecule has 0 saturated heterocycles. The molecule has 5 rings (SSSR count). The highest BCUT2D eigenvalue weighted by molar-refractivity contribution is 6.30. The first-order chi connectivity index (χ1) is 19.3. The third-order valence-electron chi connectivity index (χ3n) is 7.27. The summed E-state index contributed by atoms with van der Waals surface area (Å²) in [6, 6.07) is 13.4. The van der Waals surface area contributed by atoms with Gasteiger partial charge in [0.1, 0.15) is 5.69 Å². The largest absolute Gasteiger partial charge is 0.392 e. The predicted octanol–water partition coefficient (Wildman–Crippen LogP) is 5.76. The Kier molecular flexibility index (Phi) is 7.95. The number of aromatic nitrogens is 3. The Labute approximate surface area is 236 Å². The van der Waals surface area contributed by atoms with E-state index in [1.165, 1.54) is 16.9 Å². The van der Waals surface area contributed by atoms with Gasteiger partial charge in [-0.3, -0.25) is 14.6 Å². The number of anilines is 1. The minimum atomic E-state index is -0.618. The average Bonchev–Trinajstić information content (AvgIpc) is 3.34. The molecule has 8 nitrogen and oxygen atoms in total. The van der Waals surface area contributed by atoms with Crippen molar-refractivity contribution >= 4 is 29.1 Å². The molecule has 4 aromatic rings. The number of fused-ring (bicyclic) bond motifs is 4. The number of rotatable bonds is 4. The smallest absolute Gasteiger partial charge is 0.255 e. The van der Waals surface area contributed by atoms with E-state index in [4.69, 9.17) is 11.6 Å². The number of pyridine rings is 1. The van der Waals surface area contributed by atoms with Gasteiger partial charge in [0.15, 0.2) is 5.82 Å². The molecule has 3 N–H and O–H groups in total. The van der Waals surface area contributed by atoms with Gasteiger partial charge in [0, 0.05) is 23.4 Å². The van der Waals surface area contributed by atoms with Crippen LogP contribution in [-0.2, 0) is 11.4 Å². The molecular weight excluding hydrogens is 533 g/mol. The highest BCUT2D eigenvalue weighted by atomic mass is 35.5. The topological polar surface area (TPSA) is 109 Å². The van der Waals surface area contributed by atoms with E-state index in [1.807, 2.05) is 31.2 Å². The minimum Gasteiger partial charge on any atom is -0.392 e. The van der Waals surface area contributed by atoms with Crippen molar-refractivity contribution < 1.29 is 19.1 Å². The van der Waals surface area contributed by atoms with Gasteiger partial charge in [-0.1, -0.05) is 43.1 Å². The molecule has 2 aromatic heterocycles. The van der Waals surface area contributed by atoms with E-state index in [0.717, 1.165) is 11.1 Å². The first kappa shape index (κ1) is 27.5. The molecule has 206 valence electrons. The number of benzene rings is 2. The van der Waals surface area contributed by atoms with E-state index in [0.29, 0.717) is 47.5 Å². The fraction of sp³-hybridized carbons (Fsp3) is 0.267. The molecule has 1 aliphatic rings. The summed E-state index contributed by atoms with van der Waals surface area (Å²) in [4.78, 5) is 31.0. The first-order valence-corrected chi connectivity index (χ1v) is 13.5. The monoisotopic (exact) mass is 561 g/mol. The van der Waals surface area contributed by atoms with Gasteiger partial charge in [-0.05, 0) is 61.2 Å². The zero-order valence-corrected chi connectivity index (χ0v) is 22.9. The van der Waals surface area contributed by atoms with Gasteiger partial charge in [0.2, 0.25) is 5.91 Å². The lowest BCUT2D eigenvalue weighted by Crippen LogP contribution is -2.30. The van der Waals surface area contributed by atoms with Crippen LogP contribution in [0.5, 0.6) is 0 Å². The van der Waals surface area contributed by atoms with Crippen LogP contribution in [0.3, 0.4) is 0 Å². The standard InChI is InChI=1S/C30H29ClFN5O3/c1-17-5-3-7-24(35-30(40)22-15-34-37(18(22)2)27-8-4-6-23(31)28(27)32)26-14-20(11-12-33-26)21-10-9-19(16-38)13-25(21)36-29(17)39/h4,6,8-15,17,24,38H,3,5,7,16H2,1-2H3,(H,35,40)(H,36,39). The number of aliphatic hydroxyl groups excluding tert-OH is 1. The molecule has 0 saturated carbocycles. The number of carbonyl (C=O) groups excluding carboxylic acids is 2. The summed E-state index contributed by atoms with van der Waals surface area (Å²) >= 11 is 5.95. The van der Waals surface area contributed by atoms with Crippen LogP contribution in [0.2, 0.25) is 5.02 Å². The lowest BCUT2D eigenvalue weighted by Gasteiger charge is -2.22. The van der Waals surface area contributed by atoms with E-state index in [1.54, 1.807) is 31.3 Å². The van der Waals surface area contributed by atoms with Crippen molar-refractivity contribution in [2.24, 2.45) is 5.92 Å². The molecule has 40 heavy (non-hydrogen) atoms. The molecule has 0 aliphatic carbocycles. The molecule has 0 radical (unpaired) electrons. The maximum Gasteiger partial charge on any atom is 0.255 e. The predicted molar refractivity (Wildman–Crippen MR) is 151 cm³/mol. The third-order valence-corrected chi connectivity index (χ3v) is 7.56. The second-order valence-electron chi connectivity index (χ2n) is 9.98. The van der Waals surface area contributed by atoms with Crippen LogP contribution in [0.15, 0.2) is 60.9 Å². The van der Waals surface area contributed by atoms with E-state index < -0.39 is 11.9 Å². The molecule has 0 fully saturated rings. The fourth-order valence-electron chi connectivity index (χ4n) is 4.93. The van der Waals surface area contributed by atoms with Crippen molar-refractivity contribution in [1.29, 1.82) is 0 Å². The number of aliphatic hydroxyl groups is 1. The Bertz CT molecular complexity index is 1590. The van der Waals surface area contributed by atoms with E-state index in [2.05, 4.69) is 20.7 Å². The SMILES string of the molecule is Cc1c(C(=O)NC2CCCC(C)C(=O)Nc3cc(CO)ccc3-c3ccnc2c3)cnn1-c1cccc(Cl)c1F. The molecule has 0 spiro atoms. The van der Waals surface area contributed by atoms with Gasteiger partial charge in [0.05, 0.1) is 40.8 Å². The maximum atomic E-state index is 14.7. The van der Waals surface area contributed by atoms with Gasteiger partial charge < -0.3 is 15.7 Å². The fourth-order valence-corrected chi connectivity index (χ4v) is 5.10. The molecule has 10 heteroatoms. The number of hydrogen-bond acceptors (Lipinski definition) is 5. The van der Waals surface area contributed by atoms with Gasteiger partial charge >= 0.3 is 0 Å². The van der Waals surface area contributed by atoms with Crippen LogP contribution in [-0.4, -0.2) is 31.7 Å². The highest BCUT2D eigenvalue weighted by Gasteiger charge is 2.24. The maximum absolute atomic E-state index is 14.7. The van der Waals surface area contributed by atoms with Gasteiger partial charge in [-0.2, -0.15) is 5.10 Å². The van der Waals surface area contributed by atoms with Crippen molar-refractivity contribution in [3.05, 3.63) is 94.3 Å². The summed E-state index contributed by atoms with van der Waals surface area (Å²) < 4.78 is 16.0.